The summed E-state index contributed by atoms with van der Waals surface area (Å²) < 4.78 is 10.4. The molecule has 1 rings (SSSR count). The lowest BCUT2D eigenvalue weighted by Gasteiger charge is -2.07. The average molecular weight is 240 g/mol. The number of rotatable bonds is 7. The number of benzene rings is 1. The highest BCUT2D eigenvalue weighted by Crippen LogP contribution is 2.27. The highest BCUT2D eigenvalue weighted by atomic mass is 16.6. The molecular formula is C11H16N2O4. The monoisotopic (exact) mass is 240 g/mol. The van der Waals surface area contributed by atoms with Gasteiger partial charge in [0.15, 0.2) is 5.75 Å². The highest BCUT2D eigenvalue weighted by molar-refractivity contribution is 5.48. The third kappa shape index (κ3) is 4.38. The van der Waals surface area contributed by atoms with Crippen LogP contribution in [0.4, 0.5) is 5.69 Å². The lowest BCUT2D eigenvalue weighted by molar-refractivity contribution is -0.385. The maximum absolute atomic E-state index is 10.8. The molecule has 1 aromatic rings. The molecule has 0 amide bonds. The quantitative estimate of drug-likeness (QED) is 0.440. The molecular weight excluding hydrogens is 224 g/mol. The Bertz CT molecular complexity index is 382. The van der Waals surface area contributed by atoms with Crippen molar-refractivity contribution in [2.24, 2.45) is 5.73 Å². The zero-order valence-electron chi connectivity index (χ0n) is 9.72. The molecule has 2 N–H and O–H groups in total. The van der Waals surface area contributed by atoms with E-state index in [-0.39, 0.29) is 18.0 Å². The molecule has 1 aromatic carbocycles. The summed E-state index contributed by atoms with van der Waals surface area (Å²) in [7, 11) is 0. The summed E-state index contributed by atoms with van der Waals surface area (Å²) in [4.78, 5) is 10.3. The zero-order valence-corrected chi connectivity index (χ0v) is 9.72. The van der Waals surface area contributed by atoms with Crippen molar-refractivity contribution in [1.29, 1.82) is 0 Å². The molecule has 0 aliphatic rings. The Labute approximate surface area is 99.5 Å². The van der Waals surface area contributed by atoms with Gasteiger partial charge in [0.1, 0.15) is 6.61 Å². The van der Waals surface area contributed by atoms with E-state index in [1.54, 1.807) is 19.1 Å². The SMILES string of the molecule is Cc1ccc(OCCOCCN)c([N+](=O)[O-])c1. The summed E-state index contributed by atoms with van der Waals surface area (Å²) in [6.45, 7) is 3.33. The minimum absolute atomic E-state index is 0.0242. The molecule has 0 radical (unpaired) electrons. The Morgan fingerprint density at radius 1 is 1.35 bits per heavy atom. The van der Waals surface area contributed by atoms with E-state index >= 15 is 0 Å². The summed E-state index contributed by atoms with van der Waals surface area (Å²) in [6.07, 6.45) is 0. The molecule has 6 nitrogen and oxygen atoms in total. The Hall–Kier alpha value is -1.66. The maximum atomic E-state index is 10.8. The number of aryl methyl sites for hydroxylation is 1. The van der Waals surface area contributed by atoms with Crippen LogP contribution in [0, 0.1) is 17.0 Å². The van der Waals surface area contributed by atoms with E-state index < -0.39 is 4.92 Å². The van der Waals surface area contributed by atoms with Crippen LogP contribution in [0.15, 0.2) is 18.2 Å². The Kier molecular flexibility index (Phi) is 5.38. The molecule has 94 valence electrons. The van der Waals surface area contributed by atoms with Gasteiger partial charge in [-0.1, -0.05) is 6.07 Å². The second-order valence-corrected chi connectivity index (χ2v) is 3.48. The van der Waals surface area contributed by atoms with Crippen molar-refractivity contribution in [3.8, 4) is 5.75 Å². The van der Waals surface area contributed by atoms with E-state index in [2.05, 4.69) is 0 Å². The van der Waals surface area contributed by atoms with E-state index in [1.807, 2.05) is 0 Å². The number of nitrogens with zero attached hydrogens (tertiary/aromatic N) is 1. The van der Waals surface area contributed by atoms with Crippen LogP contribution in [0.5, 0.6) is 5.75 Å². The van der Waals surface area contributed by atoms with Crippen LogP contribution >= 0.6 is 0 Å². The number of ether oxygens (including phenoxy) is 2. The first-order valence-corrected chi connectivity index (χ1v) is 5.31. The van der Waals surface area contributed by atoms with Crippen molar-refractivity contribution >= 4 is 5.69 Å². The summed E-state index contributed by atoms with van der Waals surface area (Å²) in [5.41, 5.74) is 6.05. The molecule has 6 heteroatoms. The molecule has 0 aliphatic carbocycles. The third-order valence-electron chi connectivity index (χ3n) is 2.06. The molecule has 0 atom stereocenters. The first-order chi connectivity index (χ1) is 8.15. The van der Waals surface area contributed by atoms with Crippen LogP contribution < -0.4 is 10.5 Å². The first kappa shape index (κ1) is 13.4. The zero-order chi connectivity index (χ0) is 12.7. The van der Waals surface area contributed by atoms with Gasteiger partial charge in [0, 0.05) is 12.6 Å². The van der Waals surface area contributed by atoms with Gasteiger partial charge in [-0.2, -0.15) is 0 Å². The van der Waals surface area contributed by atoms with Gasteiger partial charge in [-0.3, -0.25) is 10.1 Å². The van der Waals surface area contributed by atoms with Gasteiger partial charge in [-0.05, 0) is 18.6 Å². The van der Waals surface area contributed by atoms with Crippen LogP contribution in [-0.4, -0.2) is 31.3 Å². The normalized spacial score (nSPS) is 10.2. The van der Waals surface area contributed by atoms with Crippen molar-refractivity contribution in [3.63, 3.8) is 0 Å². The van der Waals surface area contributed by atoms with Crippen molar-refractivity contribution < 1.29 is 14.4 Å². The van der Waals surface area contributed by atoms with Gasteiger partial charge in [0.25, 0.3) is 0 Å². The molecule has 0 aliphatic heterocycles. The van der Waals surface area contributed by atoms with Crippen LogP contribution in [0.25, 0.3) is 0 Å². The average Bonchev–Trinajstić information content (AvgIpc) is 2.30. The molecule has 0 aromatic heterocycles. The standard InChI is InChI=1S/C11H16N2O4/c1-9-2-3-11(10(8-9)13(14)15)17-7-6-16-5-4-12/h2-3,8H,4-7,12H2,1H3. The molecule has 0 fully saturated rings. The molecule has 17 heavy (non-hydrogen) atoms. The number of nitro benzene ring substituents is 1. The fourth-order valence-electron chi connectivity index (χ4n) is 1.29. The fourth-order valence-corrected chi connectivity index (χ4v) is 1.29. The van der Waals surface area contributed by atoms with Crippen LogP contribution in [0.1, 0.15) is 5.56 Å². The van der Waals surface area contributed by atoms with Crippen molar-refractivity contribution in [2.45, 2.75) is 6.92 Å². The number of nitrogens with two attached hydrogens (primary N) is 1. The second-order valence-electron chi connectivity index (χ2n) is 3.48. The van der Waals surface area contributed by atoms with Crippen LogP contribution in [0.2, 0.25) is 0 Å². The minimum atomic E-state index is -0.455. The summed E-state index contributed by atoms with van der Waals surface area (Å²) in [6, 6.07) is 4.84. The number of nitro groups is 1. The first-order valence-electron chi connectivity index (χ1n) is 5.31. The summed E-state index contributed by atoms with van der Waals surface area (Å²) in [5.74, 6) is 0.261. The number of hydrogen-bond donors (Lipinski definition) is 1. The lowest BCUT2D eigenvalue weighted by Crippen LogP contribution is -2.13. The van der Waals surface area contributed by atoms with E-state index in [4.69, 9.17) is 15.2 Å². The topological polar surface area (TPSA) is 87.6 Å². The lowest BCUT2D eigenvalue weighted by atomic mass is 10.2. The molecule has 0 spiro atoms. The van der Waals surface area contributed by atoms with Gasteiger partial charge in [0.05, 0.1) is 18.1 Å². The fraction of sp³-hybridized carbons (Fsp3) is 0.455. The van der Waals surface area contributed by atoms with Crippen LogP contribution in [0.3, 0.4) is 0 Å². The molecule has 0 bridgehead atoms. The Morgan fingerprint density at radius 3 is 2.76 bits per heavy atom. The minimum Gasteiger partial charge on any atom is -0.484 e. The molecule has 0 heterocycles. The third-order valence-corrected chi connectivity index (χ3v) is 2.06. The largest absolute Gasteiger partial charge is 0.484 e. The van der Waals surface area contributed by atoms with Crippen molar-refractivity contribution in [1.82, 2.24) is 0 Å². The van der Waals surface area contributed by atoms with Gasteiger partial charge in [-0.25, -0.2) is 0 Å². The van der Waals surface area contributed by atoms with E-state index in [0.717, 1.165) is 5.56 Å². The predicted molar refractivity (Wildman–Crippen MR) is 63.2 cm³/mol. The second kappa shape index (κ2) is 6.82. The highest BCUT2D eigenvalue weighted by Gasteiger charge is 2.14. The number of hydrogen-bond acceptors (Lipinski definition) is 5. The van der Waals surface area contributed by atoms with E-state index in [1.165, 1.54) is 6.07 Å². The van der Waals surface area contributed by atoms with E-state index in [0.29, 0.717) is 19.8 Å². The smallest absolute Gasteiger partial charge is 0.311 e. The van der Waals surface area contributed by atoms with Crippen LogP contribution in [-0.2, 0) is 4.74 Å². The van der Waals surface area contributed by atoms with Gasteiger partial charge < -0.3 is 15.2 Å². The maximum Gasteiger partial charge on any atom is 0.311 e. The summed E-state index contributed by atoms with van der Waals surface area (Å²) in [5, 5.41) is 10.8. The summed E-state index contributed by atoms with van der Waals surface area (Å²) >= 11 is 0. The Morgan fingerprint density at radius 2 is 2.12 bits per heavy atom. The predicted octanol–water partition coefficient (Wildman–Crippen LogP) is 1.26. The molecule has 0 saturated heterocycles. The van der Waals surface area contributed by atoms with Crippen molar-refractivity contribution in [2.75, 3.05) is 26.4 Å². The van der Waals surface area contributed by atoms with Gasteiger partial charge in [-0.15, -0.1) is 0 Å². The molecule has 0 saturated carbocycles. The van der Waals surface area contributed by atoms with Gasteiger partial charge >= 0.3 is 5.69 Å². The Balaban J connectivity index is 2.55. The van der Waals surface area contributed by atoms with Gasteiger partial charge in [0.2, 0.25) is 0 Å². The van der Waals surface area contributed by atoms with E-state index in [9.17, 15) is 10.1 Å². The van der Waals surface area contributed by atoms with Crippen molar-refractivity contribution in [3.05, 3.63) is 33.9 Å². The molecule has 0 unspecified atom stereocenters.